The highest BCUT2D eigenvalue weighted by Gasteiger charge is 2.14. The van der Waals surface area contributed by atoms with E-state index in [1.807, 2.05) is 0 Å². The second-order valence-corrected chi connectivity index (χ2v) is 5.73. The molecule has 0 aliphatic carbocycles. The maximum atomic E-state index is 12.0. The molecule has 0 aromatic heterocycles. The van der Waals surface area contributed by atoms with Gasteiger partial charge in [-0.05, 0) is 37.0 Å². The van der Waals surface area contributed by atoms with Gasteiger partial charge in [0.25, 0.3) is 5.91 Å². The maximum absolute atomic E-state index is 12.0. The van der Waals surface area contributed by atoms with Gasteiger partial charge in [0.2, 0.25) is 0 Å². The smallest absolute Gasteiger partial charge is 0.255 e. The van der Waals surface area contributed by atoms with Gasteiger partial charge in [-0.15, -0.1) is 0 Å². The molecule has 0 bridgehead atoms. The van der Waals surface area contributed by atoms with Crippen LogP contribution in [0.5, 0.6) is 5.75 Å². The average Bonchev–Trinajstić information content (AvgIpc) is 2.39. The molecule has 1 aromatic rings. The number of phenols is 1. The highest BCUT2D eigenvalue weighted by atomic mass is 79.9. The van der Waals surface area contributed by atoms with Crippen LogP contribution in [0, 0.1) is 5.92 Å². The second-order valence-electron chi connectivity index (χ2n) is 4.50. The summed E-state index contributed by atoms with van der Waals surface area (Å²) in [7, 11) is 0. The summed E-state index contributed by atoms with van der Waals surface area (Å²) in [6.45, 7) is 2.75. The van der Waals surface area contributed by atoms with E-state index in [1.54, 1.807) is 6.07 Å². The fraction of sp³-hybridized carbons (Fsp3) is 0.500. The third-order valence-electron chi connectivity index (χ3n) is 2.97. The van der Waals surface area contributed by atoms with E-state index >= 15 is 0 Å². The van der Waals surface area contributed by atoms with E-state index in [0.717, 1.165) is 24.6 Å². The summed E-state index contributed by atoms with van der Waals surface area (Å²) in [4.78, 5) is 12.0. The first kappa shape index (κ1) is 16.3. The third-order valence-corrected chi connectivity index (χ3v) is 3.66. The predicted molar refractivity (Wildman–Crippen MR) is 82.3 cm³/mol. The summed E-state index contributed by atoms with van der Waals surface area (Å²) < 4.78 is 0. The fourth-order valence-corrected chi connectivity index (χ4v) is 2.75. The van der Waals surface area contributed by atoms with Crippen molar-refractivity contribution >= 4 is 33.4 Å². The Morgan fingerprint density at radius 2 is 2.21 bits per heavy atom. The number of carbonyl (C=O) groups excluding carboxylic acids is 1. The van der Waals surface area contributed by atoms with E-state index in [1.165, 1.54) is 12.1 Å². The number of benzene rings is 1. The van der Waals surface area contributed by atoms with Gasteiger partial charge < -0.3 is 10.4 Å². The Balaban J connectivity index is 2.61. The topological polar surface area (TPSA) is 49.3 Å². The summed E-state index contributed by atoms with van der Waals surface area (Å²) in [5.74, 6) is 0.125. The Morgan fingerprint density at radius 1 is 1.47 bits per heavy atom. The lowest BCUT2D eigenvalue weighted by Crippen LogP contribution is -2.29. The van der Waals surface area contributed by atoms with E-state index in [9.17, 15) is 9.90 Å². The summed E-state index contributed by atoms with van der Waals surface area (Å²) in [5.41, 5.74) is 0.224. The van der Waals surface area contributed by atoms with Crippen molar-refractivity contribution in [3.63, 3.8) is 0 Å². The van der Waals surface area contributed by atoms with Crippen LogP contribution in [0.3, 0.4) is 0 Å². The second kappa shape index (κ2) is 8.43. The van der Waals surface area contributed by atoms with Crippen LogP contribution in [-0.2, 0) is 0 Å². The molecule has 0 saturated heterocycles. The van der Waals surface area contributed by atoms with Crippen LogP contribution >= 0.6 is 27.5 Å². The molecule has 1 aromatic carbocycles. The lowest BCUT2D eigenvalue weighted by molar-refractivity contribution is 0.0943. The van der Waals surface area contributed by atoms with Crippen molar-refractivity contribution < 1.29 is 9.90 Å². The zero-order valence-corrected chi connectivity index (χ0v) is 13.3. The molecule has 19 heavy (non-hydrogen) atoms. The number of amides is 1. The fourth-order valence-electron chi connectivity index (χ4n) is 1.93. The van der Waals surface area contributed by atoms with Crippen molar-refractivity contribution in [2.45, 2.75) is 26.2 Å². The van der Waals surface area contributed by atoms with Crippen LogP contribution in [-0.4, -0.2) is 22.9 Å². The SMILES string of the molecule is CCCC(CCBr)CNC(=O)c1cc(Cl)ccc1O. The van der Waals surface area contributed by atoms with Crippen molar-refractivity contribution in [3.8, 4) is 5.75 Å². The number of nitrogens with one attached hydrogen (secondary N) is 1. The van der Waals surface area contributed by atoms with Crippen molar-refractivity contribution in [1.82, 2.24) is 5.32 Å². The van der Waals surface area contributed by atoms with Gasteiger partial charge >= 0.3 is 0 Å². The zero-order valence-electron chi connectivity index (χ0n) is 11.0. The van der Waals surface area contributed by atoms with Gasteiger partial charge in [-0.2, -0.15) is 0 Å². The van der Waals surface area contributed by atoms with Gasteiger partial charge in [-0.25, -0.2) is 0 Å². The van der Waals surface area contributed by atoms with E-state index in [4.69, 9.17) is 11.6 Å². The minimum absolute atomic E-state index is 0.0468. The minimum Gasteiger partial charge on any atom is -0.507 e. The van der Waals surface area contributed by atoms with Crippen LogP contribution in [0.4, 0.5) is 0 Å². The van der Waals surface area contributed by atoms with Crippen LogP contribution in [0.2, 0.25) is 5.02 Å². The summed E-state index contributed by atoms with van der Waals surface area (Å²) in [6, 6.07) is 4.46. The third kappa shape index (κ3) is 5.41. The van der Waals surface area contributed by atoms with E-state index in [0.29, 0.717) is 17.5 Å². The summed E-state index contributed by atoms with van der Waals surface area (Å²) in [6.07, 6.45) is 3.19. The molecule has 0 aliphatic heterocycles. The van der Waals surface area contributed by atoms with Crippen molar-refractivity contribution in [1.29, 1.82) is 0 Å². The van der Waals surface area contributed by atoms with Gasteiger partial charge in [0.05, 0.1) is 5.56 Å². The molecule has 5 heteroatoms. The monoisotopic (exact) mass is 347 g/mol. The molecule has 1 atom stereocenters. The Morgan fingerprint density at radius 3 is 2.84 bits per heavy atom. The Bertz CT molecular complexity index is 420. The number of rotatable bonds is 7. The van der Waals surface area contributed by atoms with E-state index in [-0.39, 0.29) is 17.2 Å². The highest BCUT2D eigenvalue weighted by Crippen LogP contribution is 2.21. The molecule has 0 saturated carbocycles. The zero-order chi connectivity index (χ0) is 14.3. The van der Waals surface area contributed by atoms with Crippen molar-refractivity contribution in [2.24, 2.45) is 5.92 Å². The quantitative estimate of drug-likeness (QED) is 0.732. The van der Waals surface area contributed by atoms with Crippen LogP contribution in [0.25, 0.3) is 0 Å². The first-order chi connectivity index (χ1) is 9.08. The molecule has 1 unspecified atom stereocenters. The largest absolute Gasteiger partial charge is 0.507 e. The lowest BCUT2D eigenvalue weighted by Gasteiger charge is -2.16. The molecular formula is C14H19BrClNO2. The van der Waals surface area contributed by atoms with Gasteiger partial charge in [0.15, 0.2) is 0 Å². The predicted octanol–water partition coefficient (Wildman–Crippen LogP) is 3.98. The number of halogens is 2. The van der Waals surface area contributed by atoms with Crippen LogP contribution in [0.15, 0.2) is 18.2 Å². The maximum Gasteiger partial charge on any atom is 0.255 e. The van der Waals surface area contributed by atoms with E-state index in [2.05, 4.69) is 28.2 Å². The highest BCUT2D eigenvalue weighted by molar-refractivity contribution is 9.09. The Labute approximate surface area is 127 Å². The van der Waals surface area contributed by atoms with Gasteiger partial charge in [0.1, 0.15) is 5.75 Å². The summed E-state index contributed by atoms with van der Waals surface area (Å²) in [5, 5.41) is 13.9. The lowest BCUT2D eigenvalue weighted by atomic mass is 10.0. The molecule has 0 aliphatic rings. The minimum atomic E-state index is -0.282. The van der Waals surface area contributed by atoms with Gasteiger partial charge in [-0.3, -0.25) is 4.79 Å². The molecule has 1 amide bonds. The first-order valence-electron chi connectivity index (χ1n) is 6.41. The molecule has 2 N–H and O–H groups in total. The molecule has 106 valence electrons. The number of hydrogen-bond donors (Lipinski definition) is 2. The van der Waals surface area contributed by atoms with E-state index < -0.39 is 0 Å². The number of hydrogen-bond acceptors (Lipinski definition) is 2. The standard InChI is InChI=1S/C14H19BrClNO2/c1-2-3-10(6-7-15)9-17-14(19)12-8-11(16)4-5-13(12)18/h4-5,8,10,18H,2-3,6-7,9H2,1H3,(H,17,19). The number of aromatic hydroxyl groups is 1. The van der Waals surface area contributed by atoms with Crippen LogP contribution in [0.1, 0.15) is 36.5 Å². The van der Waals surface area contributed by atoms with Crippen molar-refractivity contribution in [3.05, 3.63) is 28.8 Å². The van der Waals surface area contributed by atoms with Crippen molar-refractivity contribution in [2.75, 3.05) is 11.9 Å². The number of phenolic OH excluding ortho intramolecular Hbond substituents is 1. The van der Waals surface area contributed by atoms with Gasteiger partial charge in [0, 0.05) is 16.9 Å². The Hall–Kier alpha value is -0.740. The average molecular weight is 349 g/mol. The molecule has 0 spiro atoms. The molecule has 3 nitrogen and oxygen atoms in total. The van der Waals surface area contributed by atoms with Gasteiger partial charge in [-0.1, -0.05) is 40.9 Å². The normalized spacial score (nSPS) is 12.2. The molecule has 0 radical (unpaired) electrons. The molecular weight excluding hydrogens is 330 g/mol. The first-order valence-corrected chi connectivity index (χ1v) is 7.91. The Kier molecular flexibility index (Phi) is 7.24. The number of alkyl halides is 1. The molecule has 1 rings (SSSR count). The number of carbonyl (C=O) groups is 1. The van der Waals surface area contributed by atoms with Crippen LogP contribution < -0.4 is 5.32 Å². The molecule has 0 fully saturated rings. The molecule has 0 heterocycles. The summed E-state index contributed by atoms with van der Waals surface area (Å²) >= 11 is 9.25.